The molecule has 1 rings (SSSR count). The molecular weight excluding hydrogens is 400 g/mol. The Morgan fingerprint density at radius 1 is 0.533 bits per heavy atom. The zero-order valence-electron chi connectivity index (χ0n) is 21.5. The van der Waals surface area contributed by atoms with E-state index in [9.17, 15) is 0 Å². The lowest BCUT2D eigenvalue weighted by Crippen LogP contribution is -1.98. The number of hydrogen-bond donors (Lipinski definition) is 0. The maximum absolute atomic E-state index is 2.42. The molecule has 0 nitrogen and oxygen atoms in total. The minimum atomic E-state index is 0.853. The lowest BCUT2D eigenvalue weighted by molar-refractivity contribution is 0.451. The van der Waals surface area contributed by atoms with Crippen LogP contribution < -0.4 is 0 Å². The Hall–Kier alpha value is -0.0800. The molecule has 0 aliphatic heterocycles. The molecule has 0 radical (unpaired) electrons. The van der Waals surface area contributed by atoms with Gasteiger partial charge in [0.25, 0.3) is 0 Å². The van der Waals surface area contributed by atoms with E-state index < -0.39 is 0 Å². The maximum Gasteiger partial charge on any atom is 0.00727 e. The molecule has 0 aliphatic rings. The first kappa shape index (κ1) is 29.9. The molecule has 0 N–H and O–H groups in total. The van der Waals surface area contributed by atoms with Gasteiger partial charge in [0.2, 0.25) is 0 Å². The quantitative estimate of drug-likeness (QED) is 0.229. The fraction of sp³-hybridized carbons (Fsp3) is 0.786. The monoisotopic (exact) mass is 452 g/mol. The molecule has 0 fully saturated rings. The highest BCUT2D eigenvalue weighted by Gasteiger charge is 2.06. The second-order valence-electron chi connectivity index (χ2n) is 9.61. The smallest absolute Gasteiger partial charge is 0.00727 e. The van der Waals surface area contributed by atoms with E-state index in [2.05, 4.69) is 65.8 Å². The summed E-state index contributed by atoms with van der Waals surface area (Å²) in [5.41, 5.74) is 0. The maximum atomic E-state index is 2.42. The van der Waals surface area contributed by atoms with Gasteiger partial charge >= 0.3 is 0 Å². The summed E-state index contributed by atoms with van der Waals surface area (Å²) in [4.78, 5) is 2.86. The first-order valence-electron chi connectivity index (χ1n) is 12.7. The molecule has 1 aromatic carbocycles. The topological polar surface area (TPSA) is 0 Å². The zero-order chi connectivity index (χ0) is 22.8. The number of rotatable bonds is 16. The van der Waals surface area contributed by atoms with Crippen LogP contribution in [0.25, 0.3) is 0 Å². The van der Waals surface area contributed by atoms with E-state index >= 15 is 0 Å². The van der Waals surface area contributed by atoms with E-state index in [-0.39, 0.29) is 0 Å². The van der Waals surface area contributed by atoms with Crippen LogP contribution in [0, 0.1) is 23.7 Å². The van der Waals surface area contributed by atoms with Crippen molar-refractivity contribution in [2.75, 3.05) is 11.5 Å². The van der Waals surface area contributed by atoms with Crippen molar-refractivity contribution in [3.05, 3.63) is 24.3 Å². The normalized spacial score (nSPS) is 13.3. The van der Waals surface area contributed by atoms with Gasteiger partial charge in [0.15, 0.2) is 0 Å². The van der Waals surface area contributed by atoms with Crippen molar-refractivity contribution in [2.24, 2.45) is 23.7 Å². The summed E-state index contributed by atoms with van der Waals surface area (Å²) >= 11 is 4.06. The summed E-state index contributed by atoms with van der Waals surface area (Å²) < 4.78 is 0. The van der Waals surface area contributed by atoms with Crippen molar-refractivity contribution in [3.63, 3.8) is 0 Å². The van der Waals surface area contributed by atoms with Crippen LogP contribution in [0.2, 0.25) is 0 Å². The van der Waals surface area contributed by atoms with Gasteiger partial charge in [-0.3, -0.25) is 0 Å². The molecule has 0 aromatic heterocycles. The molecule has 30 heavy (non-hydrogen) atoms. The van der Waals surface area contributed by atoms with Gasteiger partial charge in [0.1, 0.15) is 0 Å². The van der Waals surface area contributed by atoms with E-state index in [1.807, 2.05) is 37.4 Å². The van der Waals surface area contributed by atoms with Crippen molar-refractivity contribution in [1.82, 2.24) is 0 Å². The molecule has 176 valence electrons. The lowest BCUT2D eigenvalue weighted by Gasteiger charge is -2.13. The van der Waals surface area contributed by atoms with Gasteiger partial charge in [0, 0.05) is 9.79 Å². The largest absolute Gasteiger partial charge is 0.126 e. The molecule has 2 atom stereocenters. The van der Waals surface area contributed by atoms with Crippen LogP contribution in [0.5, 0.6) is 0 Å². The Balaban J connectivity index is 0.00000407. The average Bonchev–Trinajstić information content (AvgIpc) is 2.70. The van der Waals surface area contributed by atoms with Gasteiger partial charge in [-0.05, 0) is 72.3 Å². The van der Waals surface area contributed by atoms with E-state index in [4.69, 9.17) is 0 Å². The van der Waals surface area contributed by atoms with Crippen LogP contribution >= 0.6 is 23.5 Å². The molecule has 1 aromatic rings. The highest BCUT2D eigenvalue weighted by Crippen LogP contribution is 2.27. The number of thioether (sulfide) groups is 2. The molecule has 2 unspecified atom stereocenters. The highest BCUT2D eigenvalue weighted by molar-refractivity contribution is 7.99. The summed E-state index contributed by atoms with van der Waals surface area (Å²) in [5.74, 6) is 5.94. The number of benzene rings is 1. The summed E-state index contributed by atoms with van der Waals surface area (Å²) in [6.07, 6.45) is 11.0. The Kier molecular flexibility index (Phi) is 19.5. The fourth-order valence-corrected chi connectivity index (χ4v) is 5.59. The van der Waals surface area contributed by atoms with E-state index in [0.29, 0.717) is 0 Å². The molecule has 0 bridgehead atoms. The summed E-state index contributed by atoms with van der Waals surface area (Å²) in [5, 5.41) is 0. The van der Waals surface area contributed by atoms with Gasteiger partial charge in [0.05, 0.1) is 0 Å². The number of hydrogen-bond acceptors (Lipinski definition) is 2. The summed E-state index contributed by atoms with van der Waals surface area (Å²) in [6, 6.07) is 9.29. The van der Waals surface area contributed by atoms with Gasteiger partial charge < -0.3 is 0 Å². The molecule has 0 heterocycles. The molecule has 0 saturated heterocycles. The van der Waals surface area contributed by atoms with Crippen LogP contribution in [0.3, 0.4) is 0 Å². The minimum absolute atomic E-state index is 0.853. The van der Waals surface area contributed by atoms with Gasteiger partial charge in [-0.2, -0.15) is 0 Å². The summed E-state index contributed by atoms with van der Waals surface area (Å²) in [6.45, 7) is 18.2. The third-order valence-corrected chi connectivity index (χ3v) is 7.63. The standard InChI is InChI=1S/C26H46S2.C2H6/c1-21(2)9-7-11-23(5)17-19-27-25-13-15-26(16-14-25)28-20-18-24(6)12-8-10-22(3)4;1-2/h13-16,21-24H,7-12,17-20H2,1-6H3;1-2H3. The van der Waals surface area contributed by atoms with Gasteiger partial charge in [-0.15, -0.1) is 23.5 Å². The van der Waals surface area contributed by atoms with Crippen LogP contribution in [-0.2, 0) is 0 Å². The lowest BCUT2D eigenvalue weighted by atomic mass is 9.98. The van der Waals surface area contributed by atoms with Crippen molar-refractivity contribution < 1.29 is 0 Å². The van der Waals surface area contributed by atoms with Crippen LogP contribution in [0.4, 0.5) is 0 Å². The Bertz CT molecular complexity index is 433. The third-order valence-electron chi connectivity index (χ3n) is 5.54. The van der Waals surface area contributed by atoms with E-state index in [1.165, 1.54) is 72.7 Å². The second kappa shape index (κ2) is 19.6. The zero-order valence-corrected chi connectivity index (χ0v) is 23.1. The predicted molar refractivity (Wildman–Crippen MR) is 144 cm³/mol. The van der Waals surface area contributed by atoms with Crippen molar-refractivity contribution in [2.45, 2.75) is 117 Å². The summed E-state index contributed by atoms with van der Waals surface area (Å²) in [7, 11) is 0. The van der Waals surface area contributed by atoms with Crippen molar-refractivity contribution >= 4 is 23.5 Å². The van der Waals surface area contributed by atoms with E-state index in [1.54, 1.807) is 0 Å². The molecule has 0 spiro atoms. The van der Waals surface area contributed by atoms with Crippen molar-refractivity contribution in [1.29, 1.82) is 0 Å². The van der Waals surface area contributed by atoms with Crippen molar-refractivity contribution in [3.8, 4) is 0 Å². The Labute approximate surface area is 199 Å². The molecule has 0 saturated carbocycles. The minimum Gasteiger partial charge on any atom is -0.126 e. The van der Waals surface area contributed by atoms with Crippen LogP contribution in [0.1, 0.15) is 107 Å². The van der Waals surface area contributed by atoms with Crippen LogP contribution in [0.15, 0.2) is 34.1 Å². The molecule has 0 amide bonds. The molecule has 0 aliphatic carbocycles. The highest BCUT2D eigenvalue weighted by atomic mass is 32.2. The SMILES string of the molecule is CC.CC(C)CCCC(C)CCSc1ccc(SCCC(C)CCCC(C)C)cc1. The Morgan fingerprint density at radius 3 is 1.17 bits per heavy atom. The van der Waals surface area contributed by atoms with Gasteiger partial charge in [-0.25, -0.2) is 0 Å². The fourth-order valence-electron chi connectivity index (χ4n) is 3.43. The molecular formula is C28H52S2. The average molecular weight is 453 g/mol. The second-order valence-corrected chi connectivity index (χ2v) is 11.9. The molecule has 2 heteroatoms. The van der Waals surface area contributed by atoms with E-state index in [0.717, 1.165) is 23.7 Å². The first-order valence-corrected chi connectivity index (χ1v) is 14.7. The third kappa shape index (κ3) is 17.6. The Morgan fingerprint density at radius 2 is 0.867 bits per heavy atom. The predicted octanol–water partition coefficient (Wildman–Crippen LogP) is 10.6. The first-order chi connectivity index (χ1) is 14.4. The van der Waals surface area contributed by atoms with Crippen LogP contribution in [-0.4, -0.2) is 11.5 Å². The van der Waals surface area contributed by atoms with Gasteiger partial charge in [-0.1, -0.05) is 93.9 Å².